The van der Waals surface area contributed by atoms with Crippen LogP contribution in [0.15, 0.2) is 0 Å². The van der Waals surface area contributed by atoms with Crippen LogP contribution in [-0.4, -0.2) is 67.0 Å². The summed E-state index contributed by atoms with van der Waals surface area (Å²) in [6.45, 7) is 4.59. The molecule has 4 heteroatoms. The van der Waals surface area contributed by atoms with Gasteiger partial charge in [0.05, 0.1) is 0 Å². The first-order chi connectivity index (χ1) is 9.35. The van der Waals surface area contributed by atoms with E-state index in [0.717, 1.165) is 0 Å². The maximum absolute atomic E-state index is 5.91. The fourth-order valence-corrected chi connectivity index (χ4v) is 12.8. The average Bonchev–Trinajstić information content (AvgIpc) is 2.44. The van der Waals surface area contributed by atoms with Gasteiger partial charge >= 0.3 is 168 Å². The average molecular weight is 601 g/mol. The molecule has 0 rings (SSSR count). The Morgan fingerprint density at radius 3 is 1.35 bits per heavy atom. The van der Waals surface area contributed by atoms with Crippen molar-refractivity contribution in [1.29, 1.82) is 0 Å². The number of hydrogen-bond donors (Lipinski definition) is 0. The molecule has 20 heavy (non-hydrogen) atoms. The number of rotatable bonds is 15. The molecule has 0 saturated heterocycles. The van der Waals surface area contributed by atoms with E-state index in [1.165, 1.54) is 109 Å². The van der Waals surface area contributed by atoms with E-state index in [2.05, 4.69) is 13.8 Å². The monoisotopic (exact) mass is 604 g/mol. The Hall–Kier alpha value is 2.36. The molecule has 0 aliphatic heterocycles. The van der Waals surface area contributed by atoms with Gasteiger partial charge in [0, 0.05) is 0 Å². The zero-order valence-corrected chi connectivity index (χ0v) is 23.4. The third kappa shape index (κ3) is 18.4. The predicted octanol–water partition coefficient (Wildman–Crippen LogP) is 4.88. The minimum absolute atomic E-state index is 0. The summed E-state index contributed by atoms with van der Waals surface area (Å²) in [6, 6.07) is 0. The fourth-order valence-electron chi connectivity index (χ4n) is 2.57. The van der Waals surface area contributed by atoms with Crippen LogP contribution in [0, 0.1) is 0 Å². The maximum atomic E-state index is 5.91. The molecule has 0 amide bonds. The number of unbranched alkanes of at least 4 members (excludes halogenated alkanes) is 10. The molecular weight excluding hydrogens is 564 g/mol. The molecule has 0 aromatic rings. The Bertz CT molecular complexity index is 152. The van der Waals surface area contributed by atoms with Crippen molar-refractivity contribution < 1.29 is 1.41 Å². The van der Waals surface area contributed by atoms with Crippen LogP contribution in [0.4, 0.5) is 0 Å². The van der Waals surface area contributed by atoms with E-state index in [1.54, 1.807) is 0 Å². The van der Waals surface area contributed by atoms with Crippen LogP contribution >= 0.6 is 0 Å². The second kappa shape index (κ2) is 21.4. The van der Waals surface area contributed by atoms with Crippen LogP contribution in [0.25, 0.3) is 0 Å². The quantitative estimate of drug-likeness (QED) is 0.192. The van der Waals surface area contributed by atoms with E-state index in [9.17, 15) is 0 Å². The topological polar surface area (TPSA) is 9.23 Å². The van der Waals surface area contributed by atoms with Crippen LogP contribution in [0.1, 0.15) is 90.9 Å². The van der Waals surface area contributed by atoms with Crippen LogP contribution in [0.3, 0.4) is 0 Å². The molecule has 0 spiro atoms. The summed E-state index contributed by atoms with van der Waals surface area (Å²) in [4.78, 5) is 0. The Morgan fingerprint density at radius 1 is 0.650 bits per heavy atom. The molecule has 0 aliphatic carbocycles. The van der Waals surface area contributed by atoms with Crippen molar-refractivity contribution in [3.63, 3.8) is 0 Å². The van der Waals surface area contributed by atoms with E-state index < -0.39 is 20.2 Å². The molecule has 0 aromatic heterocycles. The van der Waals surface area contributed by atoms with E-state index in [0.29, 0.717) is 0 Å². The van der Waals surface area contributed by atoms with Crippen LogP contribution < -0.4 is 0 Å². The summed E-state index contributed by atoms with van der Waals surface area (Å²) >= 11 is -0.136. The molecule has 0 aliphatic rings. The molecule has 1 nitrogen and oxygen atoms in total. The van der Waals surface area contributed by atoms with Crippen molar-refractivity contribution in [3.8, 4) is 0 Å². The van der Waals surface area contributed by atoms with Gasteiger partial charge in [-0.3, -0.25) is 0 Å². The third-order valence-electron chi connectivity index (χ3n) is 3.93. The zero-order valence-electron chi connectivity index (χ0n) is 14.0. The van der Waals surface area contributed by atoms with Crippen molar-refractivity contribution in [2.24, 2.45) is 0 Å². The van der Waals surface area contributed by atoms with Gasteiger partial charge in [0.1, 0.15) is 0 Å². The zero-order chi connectivity index (χ0) is 14.2. The van der Waals surface area contributed by atoms with Gasteiger partial charge < -0.3 is 0 Å². The summed E-state index contributed by atoms with van der Waals surface area (Å²) in [5.41, 5.74) is 0. The summed E-state index contributed by atoms with van der Waals surface area (Å²) < 4.78 is 8.92. The molecule has 0 N–H and O–H groups in total. The van der Waals surface area contributed by atoms with Gasteiger partial charge in [-0.2, -0.15) is 0 Å². The van der Waals surface area contributed by atoms with Gasteiger partial charge in [0.25, 0.3) is 0 Å². The van der Waals surface area contributed by atoms with Crippen LogP contribution in [-0.2, 0) is 1.41 Å². The van der Waals surface area contributed by atoms with Crippen molar-refractivity contribution in [1.82, 2.24) is 0 Å². The first-order valence-corrected chi connectivity index (χ1v) is 15.8. The normalized spacial score (nSPS) is 10.8. The first kappa shape index (κ1) is 24.6. The van der Waals surface area contributed by atoms with E-state index in [4.69, 9.17) is 1.41 Å². The van der Waals surface area contributed by atoms with Gasteiger partial charge in [0.15, 0.2) is 0 Å². The number of hydrogen-bond acceptors (Lipinski definition) is 1. The van der Waals surface area contributed by atoms with E-state index >= 15 is 0 Å². The molecule has 0 bridgehead atoms. The van der Waals surface area contributed by atoms with Crippen molar-refractivity contribution >= 4 is 67.0 Å². The third-order valence-corrected chi connectivity index (χ3v) is 17.3. The van der Waals surface area contributed by atoms with Gasteiger partial charge in [-0.25, -0.2) is 0 Å². The minimum atomic E-state index is -1.48. The second-order valence-electron chi connectivity index (χ2n) is 5.85. The molecule has 0 fully saturated rings. The first-order valence-electron chi connectivity index (χ1n) is 8.67. The molecular formula is C16H36OSn3. The van der Waals surface area contributed by atoms with Crippen molar-refractivity contribution in [3.05, 3.63) is 0 Å². The molecule has 0 saturated carbocycles. The molecule has 118 valence electrons. The van der Waals surface area contributed by atoms with Gasteiger partial charge in [-0.1, -0.05) is 0 Å². The van der Waals surface area contributed by atoms with Crippen molar-refractivity contribution in [2.75, 3.05) is 0 Å². The molecule has 0 heterocycles. The van der Waals surface area contributed by atoms with Gasteiger partial charge in [-0.05, 0) is 0 Å². The molecule has 0 atom stereocenters. The standard InChI is InChI=1S/2C8H17.O.3Sn.2H/c2*1-3-5-7-8-6-4-2;;;;;;/h2*1,3-8H2,2H3;;;;;;. The Balaban J connectivity index is 0. The Kier molecular flexibility index (Phi) is 26.3. The Labute approximate surface area is 166 Å². The van der Waals surface area contributed by atoms with Crippen LogP contribution in [0.5, 0.6) is 0 Å². The van der Waals surface area contributed by atoms with Crippen LogP contribution in [0.2, 0.25) is 8.87 Å². The van der Waals surface area contributed by atoms with E-state index in [-0.39, 0.29) is 23.9 Å². The SMILES string of the molecule is CCCCCCC[CH2][SnH]([CH2]CCCCCCC)[O][Sn].[SnH]. The summed E-state index contributed by atoms with van der Waals surface area (Å²) in [5.74, 6) is 0. The summed E-state index contributed by atoms with van der Waals surface area (Å²) in [5, 5.41) is 0. The molecule has 6 radical (unpaired) electrons. The predicted molar refractivity (Wildman–Crippen MR) is 97.5 cm³/mol. The summed E-state index contributed by atoms with van der Waals surface area (Å²) in [7, 11) is 0. The van der Waals surface area contributed by atoms with Gasteiger partial charge in [-0.15, -0.1) is 0 Å². The van der Waals surface area contributed by atoms with E-state index in [1.807, 2.05) is 0 Å². The molecule has 0 aromatic carbocycles. The molecule has 0 unspecified atom stereocenters. The second-order valence-corrected chi connectivity index (χ2v) is 17.9. The summed E-state index contributed by atoms with van der Waals surface area (Å²) in [6.07, 6.45) is 17.3. The van der Waals surface area contributed by atoms with Crippen molar-refractivity contribution in [2.45, 2.75) is 99.8 Å². The Morgan fingerprint density at radius 2 is 1.00 bits per heavy atom. The fraction of sp³-hybridized carbons (Fsp3) is 1.00. The van der Waals surface area contributed by atoms with Gasteiger partial charge in [0.2, 0.25) is 0 Å².